The Morgan fingerprint density at radius 1 is 1.08 bits per heavy atom. The second-order valence-electron chi connectivity index (χ2n) is 6.09. The average molecular weight is 354 g/mol. The van der Waals surface area contributed by atoms with Crippen molar-refractivity contribution in [3.8, 4) is 6.07 Å². The summed E-state index contributed by atoms with van der Waals surface area (Å²) in [6.45, 7) is 1.81. The fourth-order valence-electron chi connectivity index (χ4n) is 2.55. The highest BCUT2D eigenvalue weighted by Crippen LogP contribution is 2.47. The van der Waals surface area contributed by atoms with E-state index in [9.17, 15) is 9.59 Å². The van der Waals surface area contributed by atoms with Crippen molar-refractivity contribution in [3.05, 3.63) is 58.6 Å². The summed E-state index contributed by atoms with van der Waals surface area (Å²) in [7, 11) is 0. The Kier molecular flexibility index (Phi) is 4.47. The van der Waals surface area contributed by atoms with Crippen LogP contribution in [0, 0.1) is 23.7 Å². The van der Waals surface area contributed by atoms with E-state index in [0.717, 1.165) is 5.56 Å². The first-order chi connectivity index (χ1) is 12.0. The van der Waals surface area contributed by atoms with E-state index in [4.69, 9.17) is 16.9 Å². The number of hydrogen-bond donors (Lipinski definition) is 2. The minimum absolute atomic E-state index is 0.330. The van der Waals surface area contributed by atoms with Gasteiger partial charge < -0.3 is 10.6 Å². The number of halogens is 1. The van der Waals surface area contributed by atoms with Crippen LogP contribution in [0.25, 0.3) is 0 Å². The Morgan fingerprint density at radius 3 is 2.32 bits per heavy atom. The molecule has 1 saturated carbocycles. The molecule has 0 unspecified atom stereocenters. The molecule has 2 aromatic carbocycles. The van der Waals surface area contributed by atoms with Crippen LogP contribution >= 0.6 is 11.6 Å². The fourth-order valence-corrected chi connectivity index (χ4v) is 2.72. The minimum Gasteiger partial charge on any atom is -0.325 e. The Labute approximate surface area is 150 Å². The number of nitriles is 1. The molecule has 126 valence electrons. The Bertz CT molecular complexity index is 881. The molecular weight excluding hydrogens is 338 g/mol. The van der Waals surface area contributed by atoms with Crippen LogP contribution in [-0.2, 0) is 9.59 Å². The lowest BCUT2D eigenvalue weighted by Crippen LogP contribution is -2.35. The number of rotatable bonds is 4. The lowest BCUT2D eigenvalue weighted by molar-refractivity contribution is -0.131. The van der Waals surface area contributed by atoms with Crippen LogP contribution in [0.5, 0.6) is 0 Å². The number of carbonyl (C=O) groups is 2. The summed E-state index contributed by atoms with van der Waals surface area (Å²) in [5, 5.41) is 14.9. The molecule has 0 heterocycles. The second kappa shape index (κ2) is 6.58. The molecule has 0 aliphatic heterocycles. The van der Waals surface area contributed by atoms with Crippen molar-refractivity contribution in [3.63, 3.8) is 0 Å². The van der Waals surface area contributed by atoms with E-state index in [1.165, 1.54) is 0 Å². The van der Waals surface area contributed by atoms with E-state index >= 15 is 0 Å². The largest absolute Gasteiger partial charge is 0.325 e. The molecule has 0 bridgehead atoms. The number of nitrogens with one attached hydrogen (secondary N) is 2. The molecule has 1 aliphatic carbocycles. The first-order valence-corrected chi connectivity index (χ1v) is 8.22. The third kappa shape index (κ3) is 3.35. The van der Waals surface area contributed by atoms with Crippen molar-refractivity contribution >= 4 is 34.8 Å². The van der Waals surface area contributed by atoms with Gasteiger partial charge >= 0.3 is 0 Å². The maximum absolute atomic E-state index is 12.6. The quantitative estimate of drug-likeness (QED) is 0.818. The molecule has 0 radical (unpaired) electrons. The highest BCUT2D eigenvalue weighted by atomic mass is 35.5. The smallest absolute Gasteiger partial charge is 0.240 e. The lowest BCUT2D eigenvalue weighted by Gasteiger charge is -2.17. The van der Waals surface area contributed by atoms with Gasteiger partial charge in [0, 0.05) is 16.4 Å². The summed E-state index contributed by atoms with van der Waals surface area (Å²) in [5.41, 5.74) is 1.38. The number of benzene rings is 2. The summed E-state index contributed by atoms with van der Waals surface area (Å²) in [4.78, 5) is 25.2. The van der Waals surface area contributed by atoms with Crippen molar-refractivity contribution in [1.82, 2.24) is 0 Å². The molecule has 0 saturated heterocycles. The molecule has 0 atom stereocenters. The van der Waals surface area contributed by atoms with E-state index in [1.807, 2.05) is 13.0 Å². The summed E-state index contributed by atoms with van der Waals surface area (Å²) >= 11 is 6.07. The summed E-state index contributed by atoms with van der Waals surface area (Å²) < 4.78 is 0. The number of nitrogens with zero attached hydrogens (tertiary/aromatic N) is 1. The zero-order chi connectivity index (χ0) is 18.0. The van der Waals surface area contributed by atoms with Crippen molar-refractivity contribution in [2.45, 2.75) is 19.8 Å². The first-order valence-electron chi connectivity index (χ1n) is 7.84. The van der Waals surface area contributed by atoms with E-state index in [1.54, 1.807) is 42.5 Å². The van der Waals surface area contributed by atoms with Crippen LogP contribution < -0.4 is 10.6 Å². The molecule has 2 N–H and O–H groups in total. The minimum atomic E-state index is -1.05. The second-order valence-corrected chi connectivity index (χ2v) is 6.50. The van der Waals surface area contributed by atoms with Gasteiger partial charge in [0.2, 0.25) is 11.8 Å². The molecule has 5 nitrogen and oxygen atoms in total. The zero-order valence-corrected chi connectivity index (χ0v) is 14.4. The SMILES string of the molecule is Cc1c(Cl)cccc1NC(=O)C1(C(=O)Nc2ccc(C#N)cc2)CC1. The number of anilines is 2. The van der Waals surface area contributed by atoms with Crippen molar-refractivity contribution in [1.29, 1.82) is 5.26 Å². The number of amides is 2. The maximum atomic E-state index is 12.6. The van der Waals surface area contributed by atoms with Crippen LogP contribution in [0.3, 0.4) is 0 Å². The standard InChI is InChI=1S/C19H16ClN3O2/c1-12-15(20)3-2-4-16(12)23-18(25)19(9-10-19)17(24)22-14-7-5-13(11-21)6-8-14/h2-8H,9-10H2,1H3,(H,22,24)(H,23,25). The van der Waals surface area contributed by atoms with E-state index in [2.05, 4.69) is 10.6 Å². The predicted molar refractivity (Wildman–Crippen MR) is 96.3 cm³/mol. The van der Waals surface area contributed by atoms with Gasteiger partial charge in [0.25, 0.3) is 0 Å². The van der Waals surface area contributed by atoms with Gasteiger partial charge in [-0.2, -0.15) is 5.26 Å². The van der Waals surface area contributed by atoms with Crippen LogP contribution in [0.15, 0.2) is 42.5 Å². The number of hydrogen-bond acceptors (Lipinski definition) is 3. The molecule has 3 rings (SSSR count). The molecule has 2 aromatic rings. The van der Waals surface area contributed by atoms with Crippen LogP contribution in [0.2, 0.25) is 5.02 Å². The van der Waals surface area contributed by atoms with Gasteiger partial charge in [-0.3, -0.25) is 9.59 Å². The first kappa shape index (κ1) is 17.0. The van der Waals surface area contributed by atoms with Gasteiger partial charge in [-0.1, -0.05) is 17.7 Å². The zero-order valence-electron chi connectivity index (χ0n) is 13.6. The highest BCUT2D eigenvalue weighted by Gasteiger charge is 2.56. The van der Waals surface area contributed by atoms with Gasteiger partial charge in [-0.25, -0.2) is 0 Å². The Morgan fingerprint density at radius 2 is 1.72 bits per heavy atom. The third-order valence-electron chi connectivity index (χ3n) is 4.41. The predicted octanol–water partition coefficient (Wildman–Crippen LogP) is 3.88. The molecular formula is C19H16ClN3O2. The van der Waals surface area contributed by atoms with E-state index < -0.39 is 5.41 Å². The van der Waals surface area contributed by atoms with Crippen LogP contribution in [0.1, 0.15) is 24.0 Å². The van der Waals surface area contributed by atoms with E-state index in [0.29, 0.717) is 34.8 Å². The monoisotopic (exact) mass is 353 g/mol. The number of carbonyl (C=O) groups excluding carboxylic acids is 2. The maximum Gasteiger partial charge on any atom is 0.240 e. The molecule has 25 heavy (non-hydrogen) atoms. The molecule has 0 aromatic heterocycles. The van der Waals surface area contributed by atoms with Crippen molar-refractivity contribution in [2.24, 2.45) is 5.41 Å². The van der Waals surface area contributed by atoms with Crippen molar-refractivity contribution in [2.75, 3.05) is 10.6 Å². The summed E-state index contributed by atoms with van der Waals surface area (Å²) in [5.74, 6) is -0.668. The van der Waals surface area contributed by atoms with E-state index in [-0.39, 0.29) is 11.8 Å². The van der Waals surface area contributed by atoms with Gasteiger partial charge in [0.1, 0.15) is 5.41 Å². The molecule has 1 aliphatic rings. The molecule has 6 heteroatoms. The van der Waals surface area contributed by atoms with Crippen LogP contribution in [-0.4, -0.2) is 11.8 Å². The lowest BCUT2D eigenvalue weighted by atomic mass is 10.0. The topological polar surface area (TPSA) is 82.0 Å². The van der Waals surface area contributed by atoms with Crippen LogP contribution in [0.4, 0.5) is 11.4 Å². The Balaban J connectivity index is 1.72. The normalized spacial score (nSPS) is 14.3. The van der Waals surface area contributed by atoms with Gasteiger partial charge in [0.15, 0.2) is 0 Å². The third-order valence-corrected chi connectivity index (χ3v) is 4.82. The van der Waals surface area contributed by atoms with Gasteiger partial charge in [-0.15, -0.1) is 0 Å². The highest BCUT2D eigenvalue weighted by molar-refractivity contribution is 6.31. The van der Waals surface area contributed by atoms with Crippen molar-refractivity contribution < 1.29 is 9.59 Å². The average Bonchev–Trinajstić information content (AvgIpc) is 3.41. The molecule has 2 amide bonds. The van der Waals surface area contributed by atoms with Gasteiger partial charge in [0.05, 0.1) is 11.6 Å². The Hall–Kier alpha value is -2.84. The fraction of sp³-hybridized carbons (Fsp3) is 0.211. The molecule has 0 spiro atoms. The molecule has 1 fully saturated rings. The van der Waals surface area contributed by atoms with Gasteiger partial charge in [-0.05, 0) is 61.7 Å². The summed E-state index contributed by atoms with van der Waals surface area (Å²) in [6, 6.07) is 13.8. The summed E-state index contributed by atoms with van der Waals surface area (Å²) in [6.07, 6.45) is 1.00.